The molecule has 11 atom stereocenters. The Hall–Kier alpha value is -1.87. The molecule has 0 radical (unpaired) electrons. The van der Waals surface area contributed by atoms with Crippen LogP contribution in [0.2, 0.25) is 0 Å². The van der Waals surface area contributed by atoms with Gasteiger partial charge in [-0.2, -0.15) is 4.98 Å². The first-order chi connectivity index (χ1) is 17.6. The van der Waals surface area contributed by atoms with Crippen molar-refractivity contribution in [3.05, 3.63) is 16.7 Å². The Balaban J connectivity index is 1.39. The molecular formula is C16H23N5O15P2-2. The van der Waals surface area contributed by atoms with Crippen molar-refractivity contribution >= 4 is 32.8 Å². The van der Waals surface area contributed by atoms with Crippen molar-refractivity contribution in [1.82, 2.24) is 19.5 Å². The largest absolute Gasteiger partial charge is 0.756 e. The molecule has 4 rings (SSSR count). The lowest BCUT2D eigenvalue weighted by Crippen LogP contribution is -2.57. The summed E-state index contributed by atoms with van der Waals surface area (Å²) in [4.78, 5) is 46.1. The van der Waals surface area contributed by atoms with Crippen LogP contribution in [0.5, 0.6) is 0 Å². The lowest BCUT2D eigenvalue weighted by molar-refractivity contribution is -0.299. The Bertz CT molecular complexity index is 1320. The lowest BCUT2D eigenvalue weighted by atomic mass is 10.0. The summed E-state index contributed by atoms with van der Waals surface area (Å²) in [6.07, 6.45) is -14.3. The first-order valence-electron chi connectivity index (χ1n) is 10.7. The number of hydrogen-bond acceptors (Lipinski definition) is 18. The summed E-state index contributed by atoms with van der Waals surface area (Å²) in [6, 6.07) is 0. The number of ether oxygens (including phenoxy) is 2. The minimum absolute atomic E-state index is 0.120. The molecule has 4 heterocycles. The highest BCUT2D eigenvalue weighted by Crippen LogP contribution is 2.57. The molecule has 2 aliphatic rings. The van der Waals surface area contributed by atoms with E-state index in [9.17, 15) is 49.2 Å². The third-order valence-electron chi connectivity index (χ3n) is 5.70. The quantitative estimate of drug-likeness (QED) is 0.142. The van der Waals surface area contributed by atoms with E-state index < -0.39 is 83.1 Å². The average Bonchev–Trinajstić information content (AvgIpc) is 3.35. The third kappa shape index (κ3) is 5.83. The maximum atomic E-state index is 12.1. The summed E-state index contributed by atoms with van der Waals surface area (Å²) < 4.78 is 48.3. The van der Waals surface area contributed by atoms with Crippen LogP contribution in [-0.2, 0) is 32.0 Å². The number of aliphatic hydroxyl groups is 5. The SMILES string of the molecule is CC1O[C@H](OP(=O)([O-])OP(=O)([O-])OC[C@H]2O[C@@H](n3cnc4c(=O)[nH]c(N)nc43)C(O)[C@H]2O)C(O)[C@@H](O)[C@@H]1O. The molecule has 2 aliphatic heterocycles. The molecule has 0 spiro atoms. The Morgan fingerprint density at radius 1 is 1.08 bits per heavy atom. The van der Waals surface area contributed by atoms with Crippen LogP contribution in [0.1, 0.15) is 13.2 Å². The number of nitrogens with zero attached hydrogens (tertiary/aromatic N) is 3. The van der Waals surface area contributed by atoms with Gasteiger partial charge in [-0.1, -0.05) is 0 Å². The first kappa shape index (κ1) is 29.1. The molecule has 22 heteroatoms. The Morgan fingerprint density at radius 3 is 2.45 bits per heavy atom. The van der Waals surface area contributed by atoms with E-state index in [1.807, 2.05) is 0 Å². The van der Waals surface area contributed by atoms with Crippen LogP contribution in [-0.4, -0.2) is 101 Å². The summed E-state index contributed by atoms with van der Waals surface area (Å²) in [5, 5.41) is 49.9. The van der Waals surface area contributed by atoms with Gasteiger partial charge in [0.2, 0.25) is 5.95 Å². The van der Waals surface area contributed by atoms with Crippen molar-refractivity contribution in [2.24, 2.45) is 0 Å². The zero-order valence-electron chi connectivity index (χ0n) is 19.1. The number of aromatic amines is 1. The predicted octanol–water partition coefficient (Wildman–Crippen LogP) is -4.86. The number of nitrogens with one attached hydrogen (secondary N) is 1. The summed E-state index contributed by atoms with van der Waals surface area (Å²) in [5.41, 5.74) is 4.52. The molecule has 0 amide bonds. The molecule has 0 bridgehead atoms. The Kier molecular flexibility index (Phi) is 8.12. The van der Waals surface area contributed by atoms with E-state index in [2.05, 4.69) is 28.3 Å². The smallest absolute Gasteiger partial charge is 0.280 e. The summed E-state index contributed by atoms with van der Waals surface area (Å²) in [5.74, 6) is -0.280. The van der Waals surface area contributed by atoms with Crippen molar-refractivity contribution < 1.29 is 67.3 Å². The number of rotatable bonds is 8. The summed E-state index contributed by atoms with van der Waals surface area (Å²) in [7, 11) is -11.6. The molecule has 20 nitrogen and oxygen atoms in total. The maximum absolute atomic E-state index is 12.1. The molecular weight excluding hydrogens is 564 g/mol. The van der Waals surface area contributed by atoms with Crippen molar-refractivity contribution in [3.63, 3.8) is 0 Å². The minimum atomic E-state index is -5.82. The molecule has 5 unspecified atom stereocenters. The van der Waals surface area contributed by atoms with Crippen LogP contribution in [0.25, 0.3) is 11.2 Å². The van der Waals surface area contributed by atoms with Gasteiger partial charge in [0.05, 0.1) is 19.0 Å². The highest BCUT2D eigenvalue weighted by molar-refractivity contribution is 7.59. The number of aliphatic hydroxyl groups excluding tert-OH is 5. The van der Waals surface area contributed by atoms with Gasteiger partial charge < -0.3 is 55.1 Å². The fourth-order valence-electron chi connectivity index (χ4n) is 3.78. The van der Waals surface area contributed by atoms with Gasteiger partial charge in [-0.15, -0.1) is 0 Å². The van der Waals surface area contributed by atoms with E-state index in [-0.39, 0.29) is 17.1 Å². The number of anilines is 1. The number of fused-ring (bicyclic) bond motifs is 1. The number of phosphoric acid groups is 2. The van der Waals surface area contributed by atoms with Gasteiger partial charge in [-0.25, -0.2) is 9.29 Å². The molecule has 0 aliphatic carbocycles. The number of phosphoric ester groups is 2. The second-order valence-corrected chi connectivity index (χ2v) is 11.3. The van der Waals surface area contributed by atoms with Gasteiger partial charge in [0.1, 0.15) is 36.6 Å². The average molecular weight is 587 g/mol. The molecule has 2 aromatic heterocycles. The standard InChI is InChI=1S/C16H25N5O15P2/c1-4-7(22)9(24)11(26)15(33-4)35-38(30,31)36-37(28,29)32-2-5-8(23)10(25)14(34-5)21-3-18-6-12(21)19-16(17)20-13(6)27/h3-5,7-11,14-15,22-26H,2H2,1H3,(H,28,29)(H,30,31)(H3,17,19,20,27)/p-2/t4?,5-,7-,8+,9+,10?,11?,14-,15-/m1/s1. The van der Waals surface area contributed by atoms with Crippen molar-refractivity contribution in [3.8, 4) is 0 Å². The number of imidazole rings is 1. The molecule has 214 valence electrons. The van der Waals surface area contributed by atoms with Gasteiger partial charge in [-0.3, -0.25) is 28.0 Å². The van der Waals surface area contributed by atoms with Crippen LogP contribution in [0, 0.1) is 0 Å². The lowest BCUT2D eigenvalue weighted by Gasteiger charge is -2.41. The van der Waals surface area contributed by atoms with E-state index in [0.29, 0.717) is 0 Å². The van der Waals surface area contributed by atoms with Gasteiger partial charge in [0.15, 0.2) is 23.7 Å². The fraction of sp³-hybridized carbons (Fsp3) is 0.688. The van der Waals surface area contributed by atoms with Gasteiger partial charge in [0.25, 0.3) is 21.2 Å². The number of hydrogen-bond donors (Lipinski definition) is 7. The summed E-state index contributed by atoms with van der Waals surface area (Å²) >= 11 is 0. The molecule has 2 aromatic rings. The highest BCUT2D eigenvalue weighted by Gasteiger charge is 2.46. The van der Waals surface area contributed by atoms with E-state index in [1.165, 1.54) is 6.92 Å². The number of nitrogens with two attached hydrogens (primary N) is 1. The highest BCUT2D eigenvalue weighted by atomic mass is 31.3. The van der Waals surface area contributed by atoms with Gasteiger partial charge in [0, 0.05) is 0 Å². The van der Waals surface area contributed by atoms with E-state index in [0.717, 1.165) is 10.9 Å². The van der Waals surface area contributed by atoms with E-state index in [1.54, 1.807) is 0 Å². The van der Waals surface area contributed by atoms with Crippen LogP contribution in [0.3, 0.4) is 0 Å². The van der Waals surface area contributed by atoms with Crippen LogP contribution in [0.4, 0.5) is 5.95 Å². The van der Waals surface area contributed by atoms with Gasteiger partial charge >= 0.3 is 0 Å². The number of nitrogen functional groups attached to an aromatic ring is 1. The molecule has 8 N–H and O–H groups in total. The zero-order chi connectivity index (χ0) is 28.2. The van der Waals surface area contributed by atoms with Crippen molar-refractivity contribution in [2.45, 2.75) is 62.2 Å². The predicted molar refractivity (Wildman–Crippen MR) is 114 cm³/mol. The molecule has 0 saturated carbocycles. The second-order valence-electron chi connectivity index (χ2n) is 8.38. The fourth-order valence-corrected chi connectivity index (χ4v) is 5.86. The van der Waals surface area contributed by atoms with Crippen molar-refractivity contribution in [2.75, 3.05) is 12.3 Å². The van der Waals surface area contributed by atoms with Crippen LogP contribution >= 0.6 is 15.6 Å². The van der Waals surface area contributed by atoms with E-state index in [4.69, 9.17) is 15.2 Å². The monoisotopic (exact) mass is 587 g/mol. The topological polar surface area (TPSA) is 317 Å². The Morgan fingerprint density at radius 2 is 1.76 bits per heavy atom. The third-order valence-corrected chi connectivity index (χ3v) is 8.23. The normalized spacial score (nSPS) is 37.2. The molecule has 2 saturated heterocycles. The van der Waals surface area contributed by atoms with Crippen LogP contribution in [0.15, 0.2) is 11.1 Å². The summed E-state index contributed by atoms with van der Waals surface area (Å²) in [6.45, 7) is 0.168. The number of H-pyrrole nitrogens is 1. The maximum Gasteiger partial charge on any atom is 0.280 e. The van der Waals surface area contributed by atoms with Crippen molar-refractivity contribution in [1.29, 1.82) is 0 Å². The molecule has 38 heavy (non-hydrogen) atoms. The number of aromatic nitrogens is 4. The molecule has 0 aromatic carbocycles. The minimum Gasteiger partial charge on any atom is -0.756 e. The van der Waals surface area contributed by atoms with Crippen LogP contribution < -0.4 is 21.1 Å². The Labute approximate surface area is 211 Å². The van der Waals surface area contributed by atoms with Gasteiger partial charge in [-0.05, 0) is 6.92 Å². The first-order valence-corrected chi connectivity index (χ1v) is 13.6. The molecule has 2 fully saturated rings. The van der Waals surface area contributed by atoms with E-state index >= 15 is 0 Å². The zero-order valence-corrected chi connectivity index (χ0v) is 20.9. The second kappa shape index (κ2) is 10.6.